The molecular formula is C25H24N4O3. The molecule has 0 spiro atoms. The number of ether oxygens (including phenoxy) is 2. The van der Waals surface area contributed by atoms with Crippen molar-refractivity contribution in [2.24, 2.45) is 0 Å². The molecule has 32 heavy (non-hydrogen) atoms. The lowest BCUT2D eigenvalue weighted by molar-refractivity contribution is -0.109. The van der Waals surface area contributed by atoms with E-state index < -0.39 is 0 Å². The van der Waals surface area contributed by atoms with Crippen LogP contribution in [-0.2, 0) is 4.79 Å². The summed E-state index contributed by atoms with van der Waals surface area (Å²) in [6, 6.07) is 17.9. The first kappa shape index (κ1) is 20.1. The lowest BCUT2D eigenvalue weighted by Crippen LogP contribution is -2.48. The van der Waals surface area contributed by atoms with E-state index in [0.717, 1.165) is 58.8 Å². The van der Waals surface area contributed by atoms with Crippen molar-refractivity contribution in [2.75, 3.05) is 25.7 Å². The second kappa shape index (κ2) is 8.00. The summed E-state index contributed by atoms with van der Waals surface area (Å²) < 4.78 is 12.7. The fourth-order valence-electron chi connectivity index (χ4n) is 4.20. The van der Waals surface area contributed by atoms with Gasteiger partial charge in [0.15, 0.2) is 17.1 Å². The number of aromatic nitrogens is 3. The first-order chi connectivity index (χ1) is 15.6. The molecule has 1 unspecified atom stereocenters. The molecule has 0 bridgehead atoms. The first-order valence-corrected chi connectivity index (χ1v) is 10.5. The Bertz CT molecular complexity index is 1300. The molecule has 0 aliphatic carbocycles. The van der Waals surface area contributed by atoms with Crippen molar-refractivity contribution in [3.63, 3.8) is 0 Å². The van der Waals surface area contributed by atoms with E-state index in [1.54, 1.807) is 14.2 Å². The van der Waals surface area contributed by atoms with E-state index in [9.17, 15) is 4.79 Å². The van der Waals surface area contributed by atoms with Gasteiger partial charge in [0, 0.05) is 23.4 Å². The van der Waals surface area contributed by atoms with Gasteiger partial charge in [-0.25, -0.2) is 9.50 Å². The average molecular weight is 428 g/mol. The minimum Gasteiger partial charge on any atom is -0.493 e. The highest BCUT2D eigenvalue weighted by Crippen LogP contribution is 2.33. The van der Waals surface area contributed by atoms with Crippen molar-refractivity contribution < 1.29 is 14.3 Å². The monoisotopic (exact) mass is 428 g/mol. The number of anilines is 1. The average Bonchev–Trinajstić information content (AvgIpc) is 3.13. The molecule has 1 aliphatic heterocycles. The Balaban J connectivity index is 1.54. The number of rotatable bonds is 6. The first-order valence-electron chi connectivity index (χ1n) is 10.5. The predicted molar refractivity (Wildman–Crippen MR) is 124 cm³/mol. The van der Waals surface area contributed by atoms with Crippen LogP contribution in [0.5, 0.6) is 11.5 Å². The van der Waals surface area contributed by atoms with E-state index in [1.165, 1.54) is 0 Å². The van der Waals surface area contributed by atoms with Crippen LogP contribution in [0.25, 0.3) is 28.2 Å². The third-order valence-corrected chi connectivity index (χ3v) is 6.03. The fraction of sp³-hybridized carbons (Fsp3) is 0.240. The van der Waals surface area contributed by atoms with Crippen LogP contribution in [-0.4, -0.2) is 47.7 Å². The van der Waals surface area contributed by atoms with E-state index in [2.05, 4.69) is 29.2 Å². The van der Waals surface area contributed by atoms with E-state index >= 15 is 0 Å². The standard InChI is InChI=1S/C25H24N4O3/c1-16-25(17-4-7-19(8-5-17)28-13-12-20(28)15-30)29-24(26-16)11-9-21(27-29)18-6-10-22(31-2)23(14-18)32-3/h4-11,14-15,20H,12-13H2,1-3H3. The van der Waals surface area contributed by atoms with Crippen molar-refractivity contribution in [2.45, 2.75) is 19.4 Å². The smallest absolute Gasteiger partial charge is 0.161 e. The van der Waals surface area contributed by atoms with Gasteiger partial charge in [-0.3, -0.25) is 0 Å². The van der Waals surface area contributed by atoms with Crippen LogP contribution in [0.1, 0.15) is 12.1 Å². The molecule has 1 saturated heterocycles. The van der Waals surface area contributed by atoms with Crippen LogP contribution in [0.15, 0.2) is 54.6 Å². The van der Waals surface area contributed by atoms with E-state index in [0.29, 0.717) is 11.5 Å². The molecule has 1 fully saturated rings. The number of methoxy groups -OCH3 is 2. The van der Waals surface area contributed by atoms with E-state index in [-0.39, 0.29) is 6.04 Å². The highest BCUT2D eigenvalue weighted by Gasteiger charge is 2.27. The minimum absolute atomic E-state index is 0.0101. The molecule has 0 radical (unpaired) electrons. The number of nitrogens with zero attached hydrogens (tertiary/aromatic N) is 4. The molecule has 4 aromatic rings. The summed E-state index contributed by atoms with van der Waals surface area (Å²) in [5.41, 5.74) is 6.46. The van der Waals surface area contributed by atoms with Gasteiger partial charge in [0.25, 0.3) is 0 Å². The van der Waals surface area contributed by atoms with Crippen molar-refractivity contribution in [1.29, 1.82) is 0 Å². The molecule has 1 atom stereocenters. The number of carbonyl (C=O) groups excluding carboxylic acids is 1. The van der Waals surface area contributed by atoms with Crippen molar-refractivity contribution in [3.05, 3.63) is 60.3 Å². The van der Waals surface area contributed by atoms with Gasteiger partial charge >= 0.3 is 0 Å². The number of hydrogen-bond donors (Lipinski definition) is 0. The van der Waals surface area contributed by atoms with Crippen LogP contribution < -0.4 is 14.4 Å². The number of carbonyl (C=O) groups is 1. The van der Waals surface area contributed by atoms with Gasteiger partial charge in [0.2, 0.25) is 0 Å². The SMILES string of the molecule is COc1ccc(-c2ccc3nc(C)c(-c4ccc(N5CCC5C=O)cc4)n3n2)cc1OC. The molecule has 162 valence electrons. The molecule has 7 nitrogen and oxygen atoms in total. The highest BCUT2D eigenvalue weighted by molar-refractivity contribution is 5.73. The molecule has 1 aliphatic rings. The van der Waals surface area contributed by atoms with Gasteiger partial charge in [0.05, 0.1) is 37.3 Å². The van der Waals surface area contributed by atoms with Crippen LogP contribution in [0.4, 0.5) is 5.69 Å². The molecule has 2 aromatic carbocycles. The predicted octanol–water partition coefficient (Wildman–Crippen LogP) is 4.17. The summed E-state index contributed by atoms with van der Waals surface area (Å²) in [7, 11) is 3.24. The molecule has 7 heteroatoms. The summed E-state index contributed by atoms with van der Waals surface area (Å²) in [6.45, 7) is 2.90. The number of aryl methyl sites for hydroxylation is 1. The third kappa shape index (κ3) is 3.26. The Hall–Kier alpha value is -3.87. The van der Waals surface area contributed by atoms with Crippen molar-refractivity contribution in [3.8, 4) is 34.0 Å². The maximum atomic E-state index is 11.2. The minimum atomic E-state index is -0.0101. The molecular weight excluding hydrogens is 404 g/mol. The van der Waals surface area contributed by atoms with Gasteiger partial charge in [0.1, 0.15) is 6.29 Å². The third-order valence-electron chi connectivity index (χ3n) is 6.03. The summed E-state index contributed by atoms with van der Waals surface area (Å²) in [5, 5.41) is 4.88. The van der Waals surface area contributed by atoms with Crippen LogP contribution >= 0.6 is 0 Å². The Morgan fingerprint density at radius 1 is 0.969 bits per heavy atom. The zero-order valence-corrected chi connectivity index (χ0v) is 18.3. The summed E-state index contributed by atoms with van der Waals surface area (Å²) >= 11 is 0. The molecule has 3 heterocycles. The topological polar surface area (TPSA) is 69.0 Å². The Labute approximate surface area is 186 Å². The highest BCUT2D eigenvalue weighted by atomic mass is 16.5. The largest absolute Gasteiger partial charge is 0.493 e. The van der Waals surface area contributed by atoms with Gasteiger partial charge in [-0.1, -0.05) is 12.1 Å². The van der Waals surface area contributed by atoms with Crippen LogP contribution in [0.2, 0.25) is 0 Å². The lowest BCUT2D eigenvalue weighted by atomic mass is 10.0. The maximum absolute atomic E-state index is 11.2. The molecule has 0 N–H and O–H groups in total. The second-order valence-electron chi connectivity index (χ2n) is 7.84. The Kier molecular flexibility index (Phi) is 5.01. The normalized spacial score (nSPS) is 15.5. The molecule has 0 saturated carbocycles. The van der Waals surface area contributed by atoms with Crippen LogP contribution in [0.3, 0.4) is 0 Å². The van der Waals surface area contributed by atoms with Crippen molar-refractivity contribution in [1.82, 2.24) is 14.6 Å². The maximum Gasteiger partial charge on any atom is 0.161 e. The molecule has 0 amide bonds. The Morgan fingerprint density at radius 2 is 1.72 bits per heavy atom. The fourth-order valence-corrected chi connectivity index (χ4v) is 4.20. The molecule has 2 aromatic heterocycles. The summed E-state index contributed by atoms with van der Waals surface area (Å²) in [6.07, 6.45) is 1.94. The van der Waals surface area contributed by atoms with E-state index in [4.69, 9.17) is 19.6 Å². The Morgan fingerprint density at radius 3 is 2.38 bits per heavy atom. The molecule has 5 rings (SSSR count). The number of imidazole rings is 1. The number of aldehydes is 1. The van der Waals surface area contributed by atoms with Gasteiger partial charge in [-0.2, -0.15) is 5.10 Å². The zero-order chi connectivity index (χ0) is 22.2. The number of hydrogen-bond acceptors (Lipinski definition) is 6. The van der Waals surface area contributed by atoms with Gasteiger partial charge in [-0.15, -0.1) is 0 Å². The van der Waals surface area contributed by atoms with Crippen LogP contribution in [0, 0.1) is 6.92 Å². The van der Waals surface area contributed by atoms with Crippen molar-refractivity contribution >= 4 is 17.6 Å². The van der Waals surface area contributed by atoms with E-state index in [1.807, 2.05) is 41.8 Å². The van der Waals surface area contributed by atoms with Gasteiger partial charge < -0.3 is 19.2 Å². The zero-order valence-electron chi connectivity index (χ0n) is 18.3. The summed E-state index contributed by atoms with van der Waals surface area (Å²) in [5.74, 6) is 1.33. The quantitative estimate of drug-likeness (QED) is 0.430. The second-order valence-corrected chi connectivity index (χ2v) is 7.84. The summed E-state index contributed by atoms with van der Waals surface area (Å²) in [4.78, 5) is 18.0. The number of benzene rings is 2. The number of fused-ring (bicyclic) bond motifs is 1. The van der Waals surface area contributed by atoms with Gasteiger partial charge in [-0.05, 0) is 55.8 Å². The lowest BCUT2D eigenvalue weighted by Gasteiger charge is -2.39.